The molecule has 2 aliphatic rings. The molecule has 13 nitrogen and oxygen atoms in total. The predicted octanol–water partition coefficient (Wildman–Crippen LogP) is 3.25. The van der Waals surface area contributed by atoms with E-state index in [1.807, 2.05) is 0 Å². The number of nitro groups is 1. The largest absolute Gasteiger partial charge is 0.463 e. The highest BCUT2D eigenvalue weighted by atomic mass is 16.6. The van der Waals surface area contributed by atoms with Gasteiger partial charge in [-0.15, -0.1) is 0 Å². The average molecular weight is 580 g/mol. The number of nitro benzene ring substituents is 1. The first kappa shape index (κ1) is 27.2. The molecule has 1 fully saturated rings. The molecule has 0 bridgehead atoms. The van der Waals surface area contributed by atoms with E-state index in [0.29, 0.717) is 28.3 Å². The van der Waals surface area contributed by atoms with Crippen LogP contribution in [0.15, 0.2) is 77.4 Å². The van der Waals surface area contributed by atoms with Crippen molar-refractivity contribution in [2.45, 2.75) is 25.4 Å². The summed E-state index contributed by atoms with van der Waals surface area (Å²) in [6, 6.07) is 15.7. The van der Waals surface area contributed by atoms with E-state index in [-0.39, 0.29) is 41.8 Å². The number of hydrogen-bond acceptors (Lipinski definition) is 9. The highest BCUT2D eigenvalue weighted by molar-refractivity contribution is 6.23. The smallest absolute Gasteiger partial charge is 0.269 e. The van der Waals surface area contributed by atoms with Crippen LogP contribution in [0.25, 0.3) is 22.7 Å². The van der Waals surface area contributed by atoms with E-state index in [2.05, 4.69) is 15.6 Å². The molecule has 5 amide bonds. The number of piperidine rings is 1. The Morgan fingerprint density at radius 3 is 2.44 bits per heavy atom. The third kappa shape index (κ3) is 5.14. The minimum absolute atomic E-state index is 0.0112. The first-order valence-corrected chi connectivity index (χ1v) is 13.1. The SMILES string of the molecule is O=C1CCC(N2C(=O)c3ccc(CNC(=O)c4cc(-c5ccc([N+](=O)[O-])cc5)nc(-c5ccco5)c4)cc3C2=O)C(=O)N1. The highest BCUT2D eigenvalue weighted by Gasteiger charge is 2.44. The summed E-state index contributed by atoms with van der Waals surface area (Å²) in [5.41, 5.74) is 2.25. The number of amides is 5. The second-order valence-electron chi connectivity index (χ2n) is 9.92. The van der Waals surface area contributed by atoms with Gasteiger partial charge in [-0.3, -0.25) is 44.3 Å². The molecule has 13 heteroatoms. The molecule has 4 heterocycles. The maximum absolute atomic E-state index is 13.3. The third-order valence-electron chi connectivity index (χ3n) is 7.19. The van der Waals surface area contributed by atoms with Crippen LogP contribution in [-0.4, -0.2) is 50.4 Å². The van der Waals surface area contributed by atoms with Crippen LogP contribution in [0.1, 0.15) is 49.5 Å². The fourth-order valence-corrected chi connectivity index (χ4v) is 5.03. The predicted molar refractivity (Wildman–Crippen MR) is 148 cm³/mol. The van der Waals surface area contributed by atoms with E-state index in [4.69, 9.17) is 4.42 Å². The molecule has 0 saturated carbocycles. The van der Waals surface area contributed by atoms with Gasteiger partial charge in [0.05, 0.1) is 28.0 Å². The van der Waals surface area contributed by atoms with Gasteiger partial charge in [0.2, 0.25) is 11.8 Å². The molecule has 0 aliphatic carbocycles. The van der Waals surface area contributed by atoms with E-state index >= 15 is 0 Å². The summed E-state index contributed by atoms with van der Waals surface area (Å²) in [5, 5.41) is 16.0. The van der Waals surface area contributed by atoms with Crippen LogP contribution in [0.3, 0.4) is 0 Å². The average Bonchev–Trinajstić information content (AvgIpc) is 3.63. The van der Waals surface area contributed by atoms with Crippen molar-refractivity contribution >= 4 is 35.2 Å². The van der Waals surface area contributed by atoms with Crippen LogP contribution in [0.4, 0.5) is 5.69 Å². The quantitative estimate of drug-likeness (QED) is 0.189. The Labute approximate surface area is 242 Å². The summed E-state index contributed by atoms with van der Waals surface area (Å²) in [6.07, 6.45) is 1.53. The van der Waals surface area contributed by atoms with Crippen LogP contribution in [0.2, 0.25) is 0 Å². The number of nitrogens with one attached hydrogen (secondary N) is 2. The normalized spacial score (nSPS) is 16.2. The third-order valence-corrected chi connectivity index (χ3v) is 7.19. The Morgan fingerprint density at radius 2 is 1.74 bits per heavy atom. The van der Waals surface area contributed by atoms with E-state index in [1.54, 1.807) is 30.3 Å². The lowest BCUT2D eigenvalue weighted by molar-refractivity contribution is -0.384. The maximum Gasteiger partial charge on any atom is 0.269 e. The number of nitrogens with zero attached hydrogens (tertiary/aromatic N) is 3. The number of carbonyl (C=O) groups is 5. The molecule has 43 heavy (non-hydrogen) atoms. The van der Waals surface area contributed by atoms with E-state index in [9.17, 15) is 34.1 Å². The summed E-state index contributed by atoms with van der Waals surface area (Å²) >= 11 is 0. The number of non-ortho nitro benzene ring substituents is 1. The Hall–Kier alpha value is -5.98. The summed E-state index contributed by atoms with van der Waals surface area (Å²) in [6.45, 7) is 0.0112. The summed E-state index contributed by atoms with van der Waals surface area (Å²) < 4.78 is 5.46. The molecule has 6 rings (SSSR count). The lowest BCUT2D eigenvalue weighted by Gasteiger charge is -2.27. The van der Waals surface area contributed by atoms with Gasteiger partial charge >= 0.3 is 0 Å². The van der Waals surface area contributed by atoms with Crippen LogP contribution >= 0.6 is 0 Å². The lowest BCUT2D eigenvalue weighted by atomic mass is 10.0. The molecule has 0 radical (unpaired) electrons. The number of aromatic nitrogens is 1. The van der Waals surface area contributed by atoms with Gasteiger partial charge in [-0.2, -0.15) is 0 Å². The molecule has 0 spiro atoms. The van der Waals surface area contributed by atoms with Gasteiger partial charge in [0, 0.05) is 36.2 Å². The van der Waals surface area contributed by atoms with Crippen molar-refractivity contribution in [3.05, 3.63) is 105 Å². The fraction of sp³-hybridized carbons (Fsp3) is 0.133. The highest BCUT2D eigenvalue weighted by Crippen LogP contribution is 2.29. The van der Waals surface area contributed by atoms with Crippen LogP contribution < -0.4 is 10.6 Å². The lowest BCUT2D eigenvalue weighted by Crippen LogP contribution is -2.54. The van der Waals surface area contributed by atoms with Crippen LogP contribution in [-0.2, 0) is 16.1 Å². The zero-order valence-corrected chi connectivity index (χ0v) is 22.2. The molecule has 2 aliphatic heterocycles. The number of fused-ring (bicyclic) bond motifs is 1. The summed E-state index contributed by atoms with van der Waals surface area (Å²) in [7, 11) is 0. The molecule has 1 atom stereocenters. The van der Waals surface area contributed by atoms with Crippen molar-refractivity contribution in [2.75, 3.05) is 0 Å². The first-order valence-electron chi connectivity index (χ1n) is 13.1. The van der Waals surface area contributed by atoms with E-state index in [0.717, 1.165) is 4.90 Å². The van der Waals surface area contributed by atoms with Gasteiger partial charge in [-0.1, -0.05) is 6.07 Å². The number of benzene rings is 2. The first-order chi connectivity index (χ1) is 20.7. The Kier molecular flexibility index (Phi) is 6.82. The van der Waals surface area contributed by atoms with Gasteiger partial charge < -0.3 is 9.73 Å². The fourth-order valence-electron chi connectivity index (χ4n) is 5.03. The topological polar surface area (TPSA) is 182 Å². The van der Waals surface area contributed by atoms with Gasteiger partial charge in [-0.25, -0.2) is 4.98 Å². The monoisotopic (exact) mass is 579 g/mol. The molecular weight excluding hydrogens is 558 g/mol. The molecule has 4 aromatic rings. The Balaban J connectivity index is 1.22. The Morgan fingerprint density at radius 1 is 1.00 bits per heavy atom. The number of imide groups is 2. The number of furan rings is 1. The van der Waals surface area contributed by atoms with Crippen molar-refractivity contribution in [3.8, 4) is 22.7 Å². The number of rotatable bonds is 7. The maximum atomic E-state index is 13.3. The molecule has 1 saturated heterocycles. The van der Waals surface area contributed by atoms with Gasteiger partial charge in [0.25, 0.3) is 23.4 Å². The number of pyridine rings is 1. The zero-order chi connectivity index (χ0) is 30.2. The standard InChI is InChI=1S/C30H21N5O8/c36-26-10-9-24(28(38)33-26)34-29(39)20-8-3-16(12-21(20)30(34)40)15-31-27(37)18-13-22(17-4-6-19(7-5-17)35(41)42)32-23(14-18)25-2-1-11-43-25/h1-8,11-14,24H,9-10,15H2,(H,31,37)(H,33,36,38). The molecule has 2 N–H and O–H groups in total. The molecule has 2 aromatic carbocycles. The van der Waals surface area contributed by atoms with Gasteiger partial charge in [0.15, 0.2) is 5.76 Å². The minimum atomic E-state index is -1.08. The second-order valence-corrected chi connectivity index (χ2v) is 9.92. The van der Waals surface area contributed by atoms with Crippen LogP contribution in [0.5, 0.6) is 0 Å². The van der Waals surface area contributed by atoms with Crippen molar-refractivity contribution in [2.24, 2.45) is 0 Å². The van der Waals surface area contributed by atoms with Gasteiger partial charge in [0.1, 0.15) is 11.7 Å². The summed E-state index contributed by atoms with van der Waals surface area (Å²) in [5.74, 6) is -2.47. The molecule has 2 aromatic heterocycles. The molecule has 1 unspecified atom stereocenters. The molecular formula is C30H21N5O8. The van der Waals surface area contributed by atoms with E-state index < -0.39 is 40.5 Å². The van der Waals surface area contributed by atoms with Crippen molar-refractivity contribution in [3.63, 3.8) is 0 Å². The van der Waals surface area contributed by atoms with Crippen molar-refractivity contribution in [1.29, 1.82) is 0 Å². The van der Waals surface area contributed by atoms with E-state index in [1.165, 1.54) is 42.7 Å². The molecule has 214 valence electrons. The second kappa shape index (κ2) is 10.8. The van der Waals surface area contributed by atoms with Crippen molar-refractivity contribution < 1.29 is 33.3 Å². The van der Waals surface area contributed by atoms with Gasteiger partial charge in [-0.05, 0) is 60.5 Å². The Bertz CT molecular complexity index is 1830. The minimum Gasteiger partial charge on any atom is -0.463 e. The van der Waals surface area contributed by atoms with Crippen LogP contribution in [0, 0.1) is 10.1 Å². The number of carbonyl (C=O) groups excluding carboxylic acids is 5. The number of hydrogen-bond donors (Lipinski definition) is 2. The van der Waals surface area contributed by atoms with Crippen molar-refractivity contribution in [1.82, 2.24) is 20.5 Å². The zero-order valence-electron chi connectivity index (χ0n) is 22.2. The summed E-state index contributed by atoms with van der Waals surface area (Å²) in [4.78, 5) is 79.2.